The summed E-state index contributed by atoms with van der Waals surface area (Å²) in [6.07, 6.45) is 14.0. The van der Waals surface area contributed by atoms with Crippen LogP contribution in [0.15, 0.2) is 59.5 Å². The summed E-state index contributed by atoms with van der Waals surface area (Å²) in [5.74, 6) is 0.277. The lowest BCUT2D eigenvalue weighted by atomic mass is 9.61. The summed E-state index contributed by atoms with van der Waals surface area (Å²) in [4.78, 5) is 20.9. The van der Waals surface area contributed by atoms with E-state index >= 15 is 0 Å². The third kappa shape index (κ3) is 4.31. The second kappa shape index (κ2) is 9.67. The van der Waals surface area contributed by atoms with Crippen molar-refractivity contribution in [1.82, 2.24) is 28.9 Å². The maximum Gasteiger partial charge on any atom is 0.201 e. The summed E-state index contributed by atoms with van der Waals surface area (Å²) in [7, 11) is 2.28. The number of hydrogen-bond donors (Lipinski definition) is 0. The van der Waals surface area contributed by atoms with E-state index in [4.69, 9.17) is 0 Å². The Morgan fingerprint density at radius 1 is 1.15 bits per heavy atom. The summed E-state index contributed by atoms with van der Waals surface area (Å²) in [6, 6.07) is 6.21. The average molecular weight is 577 g/mol. The van der Waals surface area contributed by atoms with E-state index in [1.807, 2.05) is 35.5 Å². The molecule has 0 aliphatic heterocycles. The minimum atomic E-state index is -1.40. The molecular weight excluding hydrogens is 547 g/mol. The monoisotopic (exact) mass is 576 g/mol. The third-order valence-electron chi connectivity index (χ3n) is 8.50. The standard InChI is InChI=1S/C29H29FN6O2S2/c1-34-17-24(15-32-34)40(38)35(2)23-8-5-20-11-25-19(14-33-36(25)22-9-6-21(30)7-10-22)12-29(20,13-23)27(37)28-31-16-26(39-28)18-3-4-18/h6-7,9-11,14-18,23H,3-5,8,12-13H2,1-2H3. The van der Waals surface area contributed by atoms with Gasteiger partial charge in [-0.25, -0.2) is 22.6 Å². The van der Waals surface area contributed by atoms with Gasteiger partial charge in [-0.15, -0.1) is 11.3 Å². The molecule has 11 heteroatoms. The predicted molar refractivity (Wildman–Crippen MR) is 151 cm³/mol. The molecule has 3 unspecified atom stereocenters. The first kappa shape index (κ1) is 25.7. The quantitative estimate of drug-likeness (QED) is 0.286. The van der Waals surface area contributed by atoms with Crippen LogP contribution in [0.2, 0.25) is 0 Å². The number of Topliss-reactive ketones (excluding diaryl/α,β-unsaturated/α-hetero) is 1. The summed E-state index contributed by atoms with van der Waals surface area (Å²) < 4.78 is 32.4. The Bertz CT molecular complexity index is 1670. The molecule has 3 atom stereocenters. The van der Waals surface area contributed by atoms with Crippen molar-refractivity contribution in [3.8, 4) is 5.69 Å². The van der Waals surface area contributed by atoms with Gasteiger partial charge in [0, 0.05) is 37.4 Å². The number of aryl methyl sites for hydroxylation is 1. The second-order valence-electron chi connectivity index (χ2n) is 11.1. The van der Waals surface area contributed by atoms with Crippen molar-refractivity contribution in [3.63, 3.8) is 0 Å². The first-order chi connectivity index (χ1) is 19.3. The van der Waals surface area contributed by atoms with Crippen LogP contribution in [0.25, 0.3) is 11.8 Å². The molecule has 0 N–H and O–H groups in total. The van der Waals surface area contributed by atoms with Gasteiger partial charge in [-0.2, -0.15) is 10.2 Å². The van der Waals surface area contributed by atoms with Crippen molar-refractivity contribution in [2.24, 2.45) is 12.5 Å². The van der Waals surface area contributed by atoms with E-state index in [0.717, 1.165) is 41.8 Å². The summed E-state index contributed by atoms with van der Waals surface area (Å²) in [5, 5.41) is 9.38. The molecular formula is C29H29FN6O2S2. The smallest absolute Gasteiger partial charge is 0.201 e. The highest BCUT2D eigenvalue weighted by Crippen LogP contribution is 2.52. The normalized spacial score (nSPS) is 23.0. The molecule has 7 rings (SSSR count). The van der Waals surface area contributed by atoms with Crippen LogP contribution >= 0.6 is 11.3 Å². The molecule has 40 heavy (non-hydrogen) atoms. The molecule has 2 saturated carbocycles. The molecule has 3 heterocycles. The van der Waals surface area contributed by atoms with Gasteiger partial charge in [0.05, 0.1) is 34.1 Å². The number of ketones is 1. The van der Waals surface area contributed by atoms with Crippen molar-refractivity contribution in [2.45, 2.75) is 55.4 Å². The van der Waals surface area contributed by atoms with E-state index in [0.29, 0.717) is 35.1 Å². The van der Waals surface area contributed by atoms with E-state index in [9.17, 15) is 13.4 Å². The van der Waals surface area contributed by atoms with Crippen LogP contribution < -0.4 is 0 Å². The van der Waals surface area contributed by atoms with Crippen molar-refractivity contribution in [2.75, 3.05) is 7.05 Å². The number of rotatable bonds is 7. The topological polar surface area (TPSA) is 85.9 Å². The maximum atomic E-state index is 14.5. The number of nitrogens with zero attached hydrogens (tertiary/aromatic N) is 6. The molecule has 0 saturated heterocycles. The summed E-state index contributed by atoms with van der Waals surface area (Å²) >= 11 is 1.53. The SMILES string of the molecule is CN(C1CCC2=Cc3c(cnn3-c3ccc(F)cc3)CC2(C(=O)c2ncc(C3CC3)s2)C1)S(=O)c1cnn(C)c1. The fraction of sp³-hybridized carbons (Fsp3) is 0.379. The Labute approximate surface area is 238 Å². The molecule has 1 aromatic carbocycles. The molecule has 0 amide bonds. The lowest BCUT2D eigenvalue weighted by Crippen LogP contribution is -2.48. The van der Waals surface area contributed by atoms with Crippen LogP contribution in [0, 0.1) is 11.2 Å². The number of halogens is 1. The molecule has 3 aliphatic carbocycles. The zero-order chi connectivity index (χ0) is 27.6. The minimum Gasteiger partial charge on any atom is -0.290 e. The van der Waals surface area contributed by atoms with Crippen molar-refractivity contribution >= 4 is 34.2 Å². The van der Waals surface area contributed by atoms with Gasteiger partial charge in [-0.1, -0.05) is 5.57 Å². The molecule has 0 radical (unpaired) electrons. The number of carbonyl (C=O) groups excluding carboxylic acids is 1. The first-order valence-electron chi connectivity index (χ1n) is 13.5. The molecule has 206 valence electrons. The fourth-order valence-corrected chi connectivity index (χ4v) is 8.41. The van der Waals surface area contributed by atoms with Crippen LogP contribution in [-0.2, 0) is 24.5 Å². The van der Waals surface area contributed by atoms with E-state index in [-0.39, 0.29) is 17.6 Å². The van der Waals surface area contributed by atoms with Crippen LogP contribution in [0.5, 0.6) is 0 Å². The summed E-state index contributed by atoms with van der Waals surface area (Å²) in [5.41, 5.74) is 2.94. The molecule has 2 fully saturated rings. The number of benzene rings is 1. The second-order valence-corrected chi connectivity index (χ2v) is 13.7. The minimum absolute atomic E-state index is 0.0427. The van der Waals surface area contributed by atoms with Crippen molar-refractivity contribution in [3.05, 3.63) is 81.6 Å². The number of allylic oxidation sites excluding steroid dienone is 1. The van der Waals surface area contributed by atoms with Crippen LogP contribution in [-0.4, -0.2) is 51.9 Å². The lowest BCUT2D eigenvalue weighted by Gasteiger charge is -2.45. The largest absolute Gasteiger partial charge is 0.290 e. The first-order valence-corrected chi connectivity index (χ1v) is 15.4. The Morgan fingerprint density at radius 3 is 2.67 bits per heavy atom. The molecule has 3 aromatic heterocycles. The van der Waals surface area contributed by atoms with E-state index in [1.165, 1.54) is 28.3 Å². The van der Waals surface area contributed by atoms with Crippen molar-refractivity contribution in [1.29, 1.82) is 0 Å². The Kier molecular flexibility index (Phi) is 6.21. The predicted octanol–water partition coefficient (Wildman–Crippen LogP) is 5.09. The van der Waals surface area contributed by atoms with Gasteiger partial charge in [0.1, 0.15) is 16.8 Å². The van der Waals surface area contributed by atoms with E-state index < -0.39 is 16.4 Å². The van der Waals surface area contributed by atoms with Crippen LogP contribution in [0.1, 0.15) is 64.0 Å². The Morgan fingerprint density at radius 2 is 1.95 bits per heavy atom. The Hall–Kier alpha value is -3.28. The number of aromatic nitrogens is 5. The zero-order valence-corrected chi connectivity index (χ0v) is 23.9. The number of carbonyl (C=O) groups is 1. The van der Waals surface area contributed by atoms with Crippen LogP contribution in [0.4, 0.5) is 4.39 Å². The maximum absolute atomic E-state index is 14.5. The van der Waals surface area contributed by atoms with Gasteiger partial charge in [0.2, 0.25) is 5.78 Å². The van der Waals surface area contributed by atoms with Gasteiger partial charge < -0.3 is 0 Å². The van der Waals surface area contributed by atoms with Gasteiger partial charge in [-0.05, 0) is 80.3 Å². The zero-order valence-electron chi connectivity index (χ0n) is 22.3. The molecule has 3 aliphatic rings. The Balaban J connectivity index is 1.27. The average Bonchev–Trinajstić information content (AvgIpc) is 3.33. The highest BCUT2D eigenvalue weighted by atomic mass is 32.2. The van der Waals surface area contributed by atoms with Gasteiger partial charge in [-0.3, -0.25) is 9.48 Å². The molecule has 0 spiro atoms. The van der Waals surface area contributed by atoms with Gasteiger partial charge in [0.15, 0.2) is 5.01 Å². The fourth-order valence-electron chi connectivity index (χ4n) is 6.13. The highest BCUT2D eigenvalue weighted by molar-refractivity contribution is 7.82. The number of hydrogen-bond acceptors (Lipinski definition) is 6. The summed E-state index contributed by atoms with van der Waals surface area (Å²) in [6.45, 7) is 0. The van der Waals surface area contributed by atoms with E-state index in [1.54, 1.807) is 29.2 Å². The van der Waals surface area contributed by atoms with Gasteiger partial charge in [0.25, 0.3) is 0 Å². The van der Waals surface area contributed by atoms with Gasteiger partial charge >= 0.3 is 0 Å². The molecule has 0 bridgehead atoms. The molecule has 4 aromatic rings. The van der Waals surface area contributed by atoms with Crippen LogP contribution in [0.3, 0.4) is 0 Å². The number of fused-ring (bicyclic) bond motifs is 2. The van der Waals surface area contributed by atoms with E-state index in [2.05, 4.69) is 21.3 Å². The number of thiazole rings is 1. The highest BCUT2D eigenvalue weighted by Gasteiger charge is 2.51. The third-order valence-corrected chi connectivity index (χ3v) is 11.1. The molecule has 8 nitrogen and oxygen atoms in total. The lowest BCUT2D eigenvalue weighted by molar-refractivity contribution is 0.0754. The van der Waals surface area contributed by atoms with Crippen molar-refractivity contribution < 1.29 is 13.4 Å².